The van der Waals surface area contributed by atoms with Crippen LogP contribution in [0.1, 0.15) is 92.9 Å². The zero-order chi connectivity index (χ0) is 15.4. The average molecular weight is 278 g/mol. The third kappa shape index (κ3) is 2.73. The molecule has 0 bridgehead atoms. The maximum absolute atomic E-state index is 13.3. The Morgan fingerprint density at radius 1 is 0.700 bits per heavy atom. The summed E-state index contributed by atoms with van der Waals surface area (Å²) in [6.45, 7) is 13.3. The molecule has 1 heteroatoms. The summed E-state index contributed by atoms with van der Waals surface area (Å²) in [5.74, 6) is 0.514. The highest BCUT2D eigenvalue weighted by Gasteiger charge is 2.54. The van der Waals surface area contributed by atoms with Gasteiger partial charge >= 0.3 is 0 Å². The second-order valence-corrected chi connectivity index (χ2v) is 6.95. The van der Waals surface area contributed by atoms with Gasteiger partial charge < -0.3 is 0 Å². The van der Waals surface area contributed by atoms with E-state index in [1.54, 1.807) is 0 Å². The smallest absolute Gasteiger partial charge is 0.152 e. The predicted molar refractivity (Wildman–Crippen MR) is 87.9 cm³/mol. The second-order valence-electron chi connectivity index (χ2n) is 6.95. The van der Waals surface area contributed by atoms with Crippen LogP contribution in [0, 0.1) is 10.8 Å². The van der Waals surface area contributed by atoms with Gasteiger partial charge in [-0.15, -0.1) is 0 Å². The minimum atomic E-state index is -0.181. The normalized spacial score (nSPS) is 30.4. The summed E-state index contributed by atoms with van der Waals surface area (Å²) in [6.07, 6.45) is 8.75. The maximum Gasteiger partial charge on any atom is 0.152 e. The second kappa shape index (κ2) is 6.91. The lowest BCUT2D eigenvalue weighted by Crippen LogP contribution is -2.35. The first-order chi connectivity index (χ1) is 9.42. The van der Waals surface area contributed by atoms with Gasteiger partial charge in [-0.3, -0.25) is 4.79 Å². The predicted octanol–water partition coefficient (Wildman–Crippen LogP) is 6.08. The Hall–Kier alpha value is -0.590. The van der Waals surface area contributed by atoms with Crippen molar-refractivity contribution in [2.75, 3.05) is 0 Å². The van der Waals surface area contributed by atoms with Crippen molar-refractivity contribution in [1.29, 1.82) is 0 Å². The van der Waals surface area contributed by atoms with E-state index < -0.39 is 0 Å². The first kappa shape index (κ1) is 17.5. The van der Waals surface area contributed by atoms with E-state index in [0.29, 0.717) is 5.78 Å². The number of rotatable bonds is 8. The Kier molecular flexibility index (Phi) is 6.04. The Bertz CT molecular complexity index is 345. The summed E-state index contributed by atoms with van der Waals surface area (Å²) in [4.78, 5) is 13.3. The Morgan fingerprint density at radius 3 is 1.30 bits per heavy atom. The molecule has 0 saturated heterocycles. The fraction of sp³-hybridized carbons (Fsp3) is 0.842. The van der Waals surface area contributed by atoms with Crippen LogP contribution in [0.4, 0.5) is 0 Å². The molecule has 0 radical (unpaired) electrons. The van der Waals surface area contributed by atoms with Gasteiger partial charge in [-0.2, -0.15) is 0 Å². The highest BCUT2D eigenvalue weighted by molar-refractivity contribution is 5.98. The molecule has 0 saturated carbocycles. The zero-order valence-corrected chi connectivity index (χ0v) is 14.6. The van der Waals surface area contributed by atoms with Crippen molar-refractivity contribution in [3.05, 3.63) is 11.1 Å². The fourth-order valence-electron chi connectivity index (χ4n) is 4.43. The third-order valence-corrected chi connectivity index (χ3v) is 5.20. The molecular weight excluding hydrogens is 244 g/mol. The molecule has 0 N–H and O–H groups in total. The molecule has 0 aromatic rings. The average Bonchev–Trinajstić information content (AvgIpc) is 2.54. The van der Waals surface area contributed by atoms with Gasteiger partial charge in [-0.05, 0) is 39.5 Å². The number of allylic oxidation sites excluding steroid dienone is 2. The summed E-state index contributed by atoms with van der Waals surface area (Å²) in [7, 11) is 0. The Balaban J connectivity index is 3.38. The highest BCUT2D eigenvalue weighted by Crippen LogP contribution is 2.56. The molecule has 0 fully saturated rings. The molecule has 1 rings (SSSR count). The van der Waals surface area contributed by atoms with Gasteiger partial charge in [0.25, 0.3) is 0 Å². The largest absolute Gasteiger partial charge is 0.298 e. The van der Waals surface area contributed by atoms with Crippen LogP contribution in [0.25, 0.3) is 0 Å². The molecule has 2 atom stereocenters. The quantitative estimate of drug-likeness (QED) is 0.492. The zero-order valence-electron chi connectivity index (χ0n) is 14.6. The van der Waals surface area contributed by atoms with Crippen LogP contribution < -0.4 is 0 Å². The van der Waals surface area contributed by atoms with Crippen molar-refractivity contribution >= 4 is 5.78 Å². The first-order valence-electron chi connectivity index (χ1n) is 8.70. The van der Waals surface area contributed by atoms with Gasteiger partial charge in [0, 0.05) is 10.8 Å². The molecule has 0 aromatic heterocycles. The molecule has 0 amide bonds. The van der Waals surface area contributed by atoms with Gasteiger partial charge in [0.1, 0.15) is 0 Å². The van der Waals surface area contributed by atoms with Crippen molar-refractivity contribution in [3.8, 4) is 0 Å². The van der Waals surface area contributed by atoms with Gasteiger partial charge in [-0.25, -0.2) is 0 Å². The molecule has 116 valence electrons. The summed E-state index contributed by atoms with van der Waals surface area (Å²) >= 11 is 0. The lowest BCUT2D eigenvalue weighted by molar-refractivity contribution is -0.132. The lowest BCUT2D eigenvalue weighted by Gasteiger charge is -2.30. The van der Waals surface area contributed by atoms with Crippen molar-refractivity contribution in [1.82, 2.24) is 0 Å². The van der Waals surface area contributed by atoms with E-state index in [4.69, 9.17) is 0 Å². The van der Waals surface area contributed by atoms with Crippen LogP contribution in [-0.2, 0) is 4.79 Å². The van der Waals surface area contributed by atoms with E-state index in [-0.39, 0.29) is 10.8 Å². The molecular formula is C19H34O. The minimum Gasteiger partial charge on any atom is -0.298 e. The number of ketones is 1. The number of hydrogen-bond donors (Lipinski definition) is 0. The lowest BCUT2D eigenvalue weighted by atomic mass is 9.71. The number of carbonyl (C=O) groups excluding carboxylic acids is 1. The van der Waals surface area contributed by atoms with E-state index in [1.165, 1.54) is 11.1 Å². The minimum absolute atomic E-state index is 0.181. The van der Waals surface area contributed by atoms with Crippen LogP contribution in [0.2, 0.25) is 0 Å². The number of carbonyl (C=O) groups is 1. The molecule has 1 aliphatic carbocycles. The molecule has 20 heavy (non-hydrogen) atoms. The van der Waals surface area contributed by atoms with Gasteiger partial charge in [0.05, 0.1) is 0 Å². The van der Waals surface area contributed by atoms with E-state index in [9.17, 15) is 4.79 Å². The van der Waals surface area contributed by atoms with E-state index in [1.807, 2.05) is 0 Å². The molecule has 0 spiro atoms. The van der Waals surface area contributed by atoms with Crippen LogP contribution in [0.15, 0.2) is 11.1 Å². The third-order valence-electron chi connectivity index (χ3n) is 5.20. The van der Waals surface area contributed by atoms with Crippen molar-refractivity contribution < 1.29 is 4.79 Å². The monoisotopic (exact) mass is 278 g/mol. The maximum atomic E-state index is 13.3. The van der Waals surface area contributed by atoms with E-state index in [0.717, 1.165) is 51.4 Å². The van der Waals surface area contributed by atoms with Gasteiger partial charge in [-0.1, -0.05) is 64.5 Å². The Morgan fingerprint density at radius 2 is 1.05 bits per heavy atom. The van der Waals surface area contributed by atoms with E-state index in [2.05, 4.69) is 41.5 Å². The molecule has 0 aliphatic heterocycles. The summed E-state index contributed by atoms with van der Waals surface area (Å²) in [5.41, 5.74) is 2.65. The standard InChI is InChI=1S/C19H34O/c1-7-11-15-16(12-8-2)19(6,14-10-4)17(20)18(15,5)13-9-3/h7-14H2,1-6H3/t18-,19-/m0/s1. The fourth-order valence-corrected chi connectivity index (χ4v) is 4.43. The Labute approximate surface area is 126 Å². The topological polar surface area (TPSA) is 17.1 Å². The number of Topliss-reactive ketones (excluding diaryl/α,β-unsaturated/α-hetero) is 1. The molecule has 0 heterocycles. The summed E-state index contributed by atoms with van der Waals surface area (Å²) in [6, 6.07) is 0. The van der Waals surface area contributed by atoms with E-state index >= 15 is 0 Å². The summed E-state index contributed by atoms with van der Waals surface area (Å²) < 4.78 is 0. The van der Waals surface area contributed by atoms with Crippen LogP contribution in [0.5, 0.6) is 0 Å². The SMILES string of the molecule is CCCC1=C(CCC)[C@](C)(CCC)C(=O)[C@@]1(C)CCC. The molecule has 1 nitrogen and oxygen atoms in total. The van der Waals surface area contributed by atoms with Crippen LogP contribution >= 0.6 is 0 Å². The first-order valence-corrected chi connectivity index (χ1v) is 8.70. The van der Waals surface area contributed by atoms with Gasteiger partial charge in [0.15, 0.2) is 5.78 Å². The van der Waals surface area contributed by atoms with Gasteiger partial charge in [0.2, 0.25) is 0 Å². The summed E-state index contributed by atoms with van der Waals surface area (Å²) in [5, 5.41) is 0. The molecule has 0 aromatic carbocycles. The van der Waals surface area contributed by atoms with Crippen molar-refractivity contribution in [2.45, 2.75) is 92.9 Å². The van der Waals surface area contributed by atoms with Crippen molar-refractivity contribution in [2.24, 2.45) is 10.8 Å². The van der Waals surface area contributed by atoms with Crippen LogP contribution in [-0.4, -0.2) is 5.78 Å². The highest BCUT2D eigenvalue weighted by atomic mass is 16.1. The molecule has 1 aliphatic rings. The van der Waals surface area contributed by atoms with Crippen LogP contribution in [0.3, 0.4) is 0 Å². The van der Waals surface area contributed by atoms with Crippen molar-refractivity contribution in [3.63, 3.8) is 0 Å². The molecule has 0 unspecified atom stereocenters. The number of hydrogen-bond acceptors (Lipinski definition) is 1.